The van der Waals surface area contributed by atoms with Gasteiger partial charge >= 0.3 is 0 Å². The summed E-state index contributed by atoms with van der Waals surface area (Å²) in [7, 11) is 0. The van der Waals surface area contributed by atoms with Gasteiger partial charge in [-0.3, -0.25) is 4.79 Å². The van der Waals surface area contributed by atoms with Crippen LogP contribution in [-0.4, -0.2) is 87.5 Å². The van der Waals surface area contributed by atoms with E-state index in [4.69, 9.17) is 9.47 Å². The number of aliphatic hydroxyl groups excluding tert-OH is 5. The van der Waals surface area contributed by atoms with Gasteiger partial charge in [0.15, 0.2) is 6.29 Å². The van der Waals surface area contributed by atoms with E-state index in [9.17, 15) is 30.3 Å². The molecule has 1 fully saturated rings. The molecule has 1 amide bonds. The lowest BCUT2D eigenvalue weighted by Crippen LogP contribution is -2.60. The van der Waals surface area contributed by atoms with Gasteiger partial charge in [0.2, 0.25) is 5.91 Å². The monoisotopic (exact) mass is 1210 g/mol. The molecule has 9 nitrogen and oxygen atoms in total. The predicted molar refractivity (Wildman–Crippen MR) is 369 cm³/mol. The van der Waals surface area contributed by atoms with Crippen molar-refractivity contribution in [2.45, 2.75) is 436 Å². The highest BCUT2D eigenvalue weighted by Crippen LogP contribution is 2.24. The molecule has 0 aromatic heterocycles. The van der Waals surface area contributed by atoms with Crippen molar-refractivity contribution in [3.8, 4) is 0 Å². The van der Waals surface area contributed by atoms with Crippen molar-refractivity contribution in [2.75, 3.05) is 13.2 Å². The van der Waals surface area contributed by atoms with Crippen LogP contribution < -0.4 is 5.32 Å². The summed E-state index contributed by atoms with van der Waals surface area (Å²) < 4.78 is 11.3. The SMILES string of the molecule is CCCCCCCCCCCCCCCCCCCC/C=C/CC/C=C/CC/C=C/C(O)C(COC1OC(CO)C(O)C(O)C1O)NC(=O)CCCCCCCCCCCCCCCCCCCCCCCCCCCCCCCCCCCCC. The molecule has 0 aromatic carbocycles. The third kappa shape index (κ3) is 54.2. The molecule has 1 rings (SSSR count). The lowest BCUT2D eigenvalue weighted by molar-refractivity contribution is -0.302. The van der Waals surface area contributed by atoms with E-state index in [1.54, 1.807) is 6.08 Å². The zero-order chi connectivity index (χ0) is 62.1. The fourth-order valence-corrected chi connectivity index (χ4v) is 12.5. The van der Waals surface area contributed by atoms with Crippen molar-refractivity contribution < 1.29 is 39.8 Å². The quantitative estimate of drug-likeness (QED) is 0.0261. The minimum Gasteiger partial charge on any atom is -0.394 e. The average Bonchev–Trinajstić information content (AvgIpc) is 2.42. The Morgan fingerprint density at radius 2 is 0.663 bits per heavy atom. The van der Waals surface area contributed by atoms with Gasteiger partial charge < -0.3 is 40.3 Å². The number of unbranched alkanes of at least 4 members (excludes halogenated alkanes) is 54. The van der Waals surface area contributed by atoms with Crippen molar-refractivity contribution in [1.29, 1.82) is 0 Å². The van der Waals surface area contributed by atoms with Crippen LogP contribution in [0, 0.1) is 0 Å². The molecular formula is C77H147NO8. The fraction of sp³-hybridized carbons (Fsp3) is 0.909. The number of ether oxygens (including phenoxy) is 2. The average molecular weight is 1220 g/mol. The lowest BCUT2D eigenvalue weighted by atomic mass is 9.99. The molecule has 0 saturated carbocycles. The van der Waals surface area contributed by atoms with Crippen molar-refractivity contribution in [1.82, 2.24) is 5.32 Å². The number of amides is 1. The Balaban J connectivity index is 2.10. The normalized spacial score (nSPS) is 18.2. The first kappa shape index (κ1) is 82.4. The summed E-state index contributed by atoms with van der Waals surface area (Å²) in [5.74, 6) is -0.182. The highest BCUT2D eigenvalue weighted by molar-refractivity contribution is 5.76. The molecule has 1 aliphatic heterocycles. The van der Waals surface area contributed by atoms with Gasteiger partial charge in [0.25, 0.3) is 0 Å². The second-order valence-electron chi connectivity index (χ2n) is 26.8. The van der Waals surface area contributed by atoms with Gasteiger partial charge in [-0.15, -0.1) is 0 Å². The van der Waals surface area contributed by atoms with Gasteiger partial charge in [-0.1, -0.05) is 378 Å². The standard InChI is InChI=1S/C77H147NO8/c1-3-5-7-9-11-13-15-17-19-21-23-25-27-29-31-33-34-35-36-37-38-39-41-43-45-47-49-51-53-55-57-59-61-63-65-67-73(81)78-70(69-85-77-76(84)75(83)74(82)72(68-79)86-77)71(80)66-64-62-60-58-56-54-52-50-48-46-44-42-40-32-30-28-26-24-22-20-18-16-14-12-10-8-6-4-2/h48,50,56,58,64,66,70-72,74-77,79-80,82-84H,3-47,49,51-55,57,59-63,65,67-69H2,1-2H3,(H,78,81)/b50-48+,58-56+,66-64+. The molecule has 7 unspecified atom stereocenters. The van der Waals surface area contributed by atoms with E-state index in [2.05, 4.69) is 43.5 Å². The van der Waals surface area contributed by atoms with Gasteiger partial charge in [0.1, 0.15) is 24.4 Å². The van der Waals surface area contributed by atoms with E-state index >= 15 is 0 Å². The predicted octanol–water partition coefficient (Wildman–Crippen LogP) is 21.4. The highest BCUT2D eigenvalue weighted by Gasteiger charge is 2.44. The molecule has 0 aromatic rings. The first-order valence-corrected chi connectivity index (χ1v) is 38.2. The molecule has 0 radical (unpaired) electrons. The summed E-state index contributed by atoms with van der Waals surface area (Å²) in [6.07, 6.45) is 82.9. The van der Waals surface area contributed by atoms with Crippen LogP contribution in [-0.2, 0) is 14.3 Å². The molecular weight excluding hydrogens is 1070 g/mol. The summed E-state index contributed by atoms with van der Waals surface area (Å²) in [4.78, 5) is 13.1. The molecule has 1 heterocycles. The number of allylic oxidation sites excluding steroid dienone is 5. The van der Waals surface area contributed by atoms with Crippen molar-refractivity contribution in [3.05, 3.63) is 36.5 Å². The molecule has 508 valence electrons. The van der Waals surface area contributed by atoms with E-state index in [1.807, 2.05) is 6.08 Å². The van der Waals surface area contributed by atoms with Crippen LogP contribution in [0.5, 0.6) is 0 Å². The Morgan fingerprint density at radius 3 is 0.977 bits per heavy atom. The summed E-state index contributed by atoms with van der Waals surface area (Å²) in [5.41, 5.74) is 0. The third-order valence-corrected chi connectivity index (χ3v) is 18.4. The zero-order valence-corrected chi connectivity index (χ0v) is 57.1. The summed E-state index contributed by atoms with van der Waals surface area (Å²) in [6.45, 7) is 3.82. The largest absolute Gasteiger partial charge is 0.394 e. The van der Waals surface area contributed by atoms with Gasteiger partial charge in [-0.25, -0.2) is 0 Å². The van der Waals surface area contributed by atoms with E-state index in [-0.39, 0.29) is 12.5 Å². The summed E-state index contributed by atoms with van der Waals surface area (Å²) in [6, 6.07) is -0.828. The maximum atomic E-state index is 13.1. The number of carbonyl (C=O) groups is 1. The number of nitrogens with one attached hydrogen (secondary N) is 1. The molecule has 1 aliphatic rings. The first-order chi connectivity index (χ1) is 42.3. The minimum atomic E-state index is -1.58. The molecule has 1 saturated heterocycles. The number of hydrogen-bond donors (Lipinski definition) is 6. The first-order valence-electron chi connectivity index (χ1n) is 38.2. The number of carbonyl (C=O) groups excluding carboxylic acids is 1. The zero-order valence-electron chi connectivity index (χ0n) is 57.1. The molecule has 7 atom stereocenters. The summed E-state index contributed by atoms with van der Waals surface area (Å²) in [5, 5.41) is 54.8. The Labute approximate surface area is 533 Å². The molecule has 86 heavy (non-hydrogen) atoms. The van der Waals surface area contributed by atoms with E-state index in [0.29, 0.717) is 6.42 Å². The maximum Gasteiger partial charge on any atom is 0.220 e. The van der Waals surface area contributed by atoms with Crippen molar-refractivity contribution >= 4 is 5.91 Å². The fourth-order valence-electron chi connectivity index (χ4n) is 12.5. The Kier molecular flexibility index (Phi) is 63.6. The highest BCUT2D eigenvalue weighted by atomic mass is 16.7. The van der Waals surface area contributed by atoms with Gasteiger partial charge in [-0.2, -0.15) is 0 Å². The molecule has 9 heteroatoms. The van der Waals surface area contributed by atoms with Gasteiger partial charge in [0, 0.05) is 6.42 Å². The Bertz CT molecular complexity index is 1450. The van der Waals surface area contributed by atoms with Crippen LogP contribution in [0.1, 0.15) is 393 Å². The Morgan fingerprint density at radius 1 is 0.384 bits per heavy atom. The topological polar surface area (TPSA) is 149 Å². The smallest absolute Gasteiger partial charge is 0.220 e. The van der Waals surface area contributed by atoms with E-state index < -0.39 is 49.5 Å². The molecule has 0 spiro atoms. The second-order valence-corrected chi connectivity index (χ2v) is 26.8. The number of hydrogen-bond acceptors (Lipinski definition) is 8. The van der Waals surface area contributed by atoms with Crippen molar-refractivity contribution in [3.63, 3.8) is 0 Å². The van der Waals surface area contributed by atoms with Crippen LogP contribution in [0.15, 0.2) is 36.5 Å². The minimum absolute atomic E-state index is 0.182. The maximum absolute atomic E-state index is 13.1. The van der Waals surface area contributed by atoms with E-state index in [1.165, 1.54) is 327 Å². The van der Waals surface area contributed by atoms with E-state index in [0.717, 1.165) is 44.9 Å². The lowest BCUT2D eigenvalue weighted by Gasteiger charge is -2.40. The molecule has 0 bridgehead atoms. The van der Waals surface area contributed by atoms with Crippen molar-refractivity contribution in [2.24, 2.45) is 0 Å². The van der Waals surface area contributed by atoms with Crippen LogP contribution in [0.4, 0.5) is 0 Å². The molecule has 0 aliphatic carbocycles. The second kappa shape index (κ2) is 66.3. The van der Waals surface area contributed by atoms with Gasteiger partial charge in [0.05, 0.1) is 25.4 Å². The Hall–Kier alpha value is -1.59. The van der Waals surface area contributed by atoms with Gasteiger partial charge in [-0.05, 0) is 44.9 Å². The third-order valence-electron chi connectivity index (χ3n) is 18.4. The van der Waals surface area contributed by atoms with Crippen LogP contribution in [0.3, 0.4) is 0 Å². The summed E-state index contributed by atoms with van der Waals surface area (Å²) >= 11 is 0. The number of rotatable bonds is 68. The van der Waals surface area contributed by atoms with Crippen LogP contribution in [0.25, 0.3) is 0 Å². The molecule has 6 N–H and O–H groups in total. The van der Waals surface area contributed by atoms with Crippen LogP contribution >= 0.6 is 0 Å². The van der Waals surface area contributed by atoms with Crippen LogP contribution in [0.2, 0.25) is 0 Å². The number of aliphatic hydroxyl groups is 5.